The summed E-state index contributed by atoms with van der Waals surface area (Å²) < 4.78 is 97.0. The summed E-state index contributed by atoms with van der Waals surface area (Å²) in [6, 6.07) is 5.98. The third-order valence-corrected chi connectivity index (χ3v) is 7.70. The Morgan fingerprint density at radius 2 is 0.878 bits per heavy atom. The average molecular weight is 587 g/mol. The minimum absolute atomic E-state index is 0.0936. The Bertz CT molecular complexity index is 1080. The molecule has 0 aromatic heterocycles. The van der Waals surface area contributed by atoms with Gasteiger partial charge in [0.25, 0.3) is 0 Å². The summed E-state index contributed by atoms with van der Waals surface area (Å²) >= 11 is 0. The molecule has 0 aliphatic heterocycles. The molecule has 2 N–H and O–H groups in total. The van der Waals surface area contributed by atoms with Crippen LogP contribution in [0.15, 0.2) is 48.5 Å². The summed E-state index contributed by atoms with van der Waals surface area (Å²) in [6.07, 6.45) is -4.31. The van der Waals surface area contributed by atoms with Gasteiger partial charge in [0.15, 0.2) is 0 Å². The Kier molecular flexibility index (Phi) is 9.38. The molecule has 41 heavy (non-hydrogen) atoms. The third kappa shape index (κ3) is 7.08. The number of nitrogens with one attached hydrogen (secondary N) is 2. The first-order valence-electron chi connectivity index (χ1n) is 13.7. The molecule has 2 fully saturated rings. The number of halogens is 6. The van der Waals surface area contributed by atoms with Gasteiger partial charge in [-0.15, -0.1) is 0 Å². The van der Waals surface area contributed by atoms with Gasteiger partial charge in [0.1, 0.15) is 11.5 Å². The van der Waals surface area contributed by atoms with Crippen molar-refractivity contribution < 1.29 is 45.4 Å². The van der Waals surface area contributed by atoms with Crippen molar-refractivity contribution >= 4 is 12.2 Å². The Balaban J connectivity index is 1.54. The van der Waals surface area contributed by atoms with Gasteiger partial charge in [-0.2, -0.15) is 26.3 Å². The van der Waals surface area contributed by atoms with Crippen LogP contribution < -0.4 is 20.1 Å². The van der Waals surface area contributed by atoms with Crippen LogP contribution in [0.5, 0.6) is 11.5 Å². The van der Waals surface area contributed by atoms with Crippen LogP contribution in [0.3, 0.4) is 0 Å². The second-order valence-corrected chi connectivity index (χ2v) is 10.5. The Labute approximate surface area is 233 Å². The molecule has 0 radical (unpaired) electrons. The molecule has 0 bridgehead atoms. The highest BCUT2D eigenvalue weighted by Crippen LogP contribution is 2.56. The van der Waals surface area contributed by atoms with Crippen LogP contribution in [0.2, 0.25) is 0 Å². The predicted octanol–water partition coefficient (Wildman–Crippen LogP) is 7.94. The van der Waals surface area contributed by atoms with Crippen molar-refractivity contribution in [3.63, 3.8) is 0 Å². The summed E-state index contributed by atoms with van der Waals surface area (Å²) in [5, 5.41) is 5.33. The fourth-order valence-corrected chi connectivity index (χ4v) is 5.63. The maximum absolute atomic E-state index is 14.5. The average Bonchev–Trinajstić information content (AvgIpc) is 2.90. The molecular weight excluding hydrogens is 554 g/mol. The predicted molar refractivity (Wildman–Crippen MR) is 138 cm³/mol. The number of hydrogen-bond acceptors (Lipinski definition) is 4. The number of carbonyl (C=O) groups excluding carboxylic acids is 2. The van der Waals surface area contributed by atoms with Gasteiger partial charge in [-0.05, 0) is 61.1 Å². The summed E-state index contributed by atoms with van der Waals surface area (Å²) in [6.45, 7) is 0. The molecule has 2 saturated carbocycles. The number of hydrogen-bond donors (Lipinski definition) is 2. The van der Waals surface area contributed by atoms with Crippen molar-refractivity contribution in [1.29, 1.82) is 0 Å². The van der Waals surface area contributed by atoms with Crippen LogP contribution in [0.25, 0.3) is 0 Å². The molecule has 224 valence electrons. The van der Waals surface area contributed by atoms with Gasteiger partial charge in [0.05, 0.1) is 0 Å². The zero-order chi connectivity index (χ0) is 29.7. The third-order valence-electron chi connectivity index (χ3n) is 7.70. The maximum Gasteiger partial charge on any atom is 0.412 e. The van der Waals surface area contributed by atoms with E-state index >= 15 is 0 Å². The van der Waals surface area contributed by atoms with E-state index in [9.17, 15) is 35.9 Å². The van der Waals surface area contributed by atoms with Gasteiger partial charge in [-0.25, -0.2) is 9.59 Å². The highest BCUT2D eigenvalue weighted by molar-refractivity contribution is 5.71. The molecule has 2 aliphatic rings. The van der Waals surface area contributed by atoms with Crippen LogP contribution in [0, 0.1) is 0 Å². The molecule has 0 saturated heterocycles. The zero-order valence-electron chi connectivity index (χ0n) is 22.2. The molecule has 12 heteroatoms. The first kappa shape index (κ1) is 30.5. The van der Waals surface area contributed by atoms with E-state index in [-0.39, 0.29) is 23.6 Å². The lowest BCUT2D eigenvalue weighted by Crippen LogP contribution is -2.54. The molecule has 2 amide bonds. The molecule has 0 spiro atoms. The van der Waals surface area contributed by atoms with Gasteiger partial charge in [-0.3, -0.25) is 0 Å². The monoisotopic (exact) mass is 586 g/mol. The van der Waals surface area contributed by atoms with Crippen LogP contribution in [0.4, 0.5) is 35.9 Å². The van der Waals surface area contributed by atoms with E-state index in [0.29, 0.717) is 24.3 Å². The molecular formula is C29H32F6N2O4. The van der Waals surface area contributed by atoms with E-state index in [1.165, 1.54) is 0 Å². The van der Waals surface area contributed by atoms with Crippen molar-refractivity contribution in [1.82, 2.24) is 10.6 Å². The van der Waals surface area contributed by atoms with E-state index in [1.807, 2.05) is 0 Å². The summed E-state index contributed by atoms with van der Waals surface area (Å²) in [5.74, 6) is -0.402. The quantitative estimate of drug-likeness (QED) is 0.337. The van der Waals surface area contributed by atoms with Crippen LogP contribution in [-0.2, 0) is 5.41 Å². The maximum atomic E-state index is 14.5. The zero-order valence-corrected chi connectivity index (χ0v) is 22.2. The lowest BCUT2D eigenvalue weighted by atomic mass is 9.73. The van der Waals surface area contributed by atoms with Gasteiger partial charge in [0, 0.05) is 12.1 Å². The number of ether oxygens (including phenoxy) is 2. The van der Waals surface area contributed by atoms with E-state index < -0.39 is 41.1 Å². The number of rotatable bonds is 6. The minimum Gasteiger partial charge on any atom is -0.410 e. The summed E-state index contributed by atoms with van der Waals surface area (Å²) in [5.41, 5.74) is -6.62. The smallest absolute Gasteiger partial charge is 0.410 e. The first-order valence-corrected chi connectivity index (χ1v) is 13.7. The van der Waals surface area contributed by atoms with Crippen LogP contribution >= 0.6 is 0 Å². The Morgan fingerprint density at radius 3 is 1.17 bits per heavy atom. The van der Waals surface area contributed by atoms with Gasteiger partial charge < -0.3 is 20.1 Å². The lowest BCUT2D eigenvalue weighted by Gasteiger charge is -2.38. The van der Waals surface area contributed by atoms with Crippen molar-refractivity contribution in [3.8, 4) is 11.5 Å². The molecule has 2 aliphatic carbocycles. The van der Waals surface area contributed by atoms with Gasteiger partial charge >= 0.3 is 24.5 Å². The molecule has 0 heterocycles. The lowest BCUT2D eigenvalue weighted by molar-refractivity contribution is -0.288. The fraction of sp³-hybridized carbons (Fsp3) is 0.517. The molecule has 0 atom stereocenters. The van der Waals surface area contributed by atoms with Crippen molar-refractivity contribution in [2.45, 2.75) is 94.1 Å². The van der Waals surface area contributed by atoms with Crippen LogP contribution in [0.1, 0.15) is 75.3 Å². The molecule has 2 aromatic rings. The van der Waals surface area contributed by atoms with E-state index in [1.54, 1.807) is 0 Å². The Hall–Kier alpha value is -3.44. The molecule has 4 rings (SSSR count). The normalized spacial score (nSPS) is 17.5. The summed E-state index contributed by atoms with van der Waals surface area (Å²) in [7, 11) is 0. The van der Waals surface area contributed by atoms with E-state index in [4.69, 9.17) is 9.47 Å². The van der Waals surface area contributed by atoms with Gasteiger partial charge in [0.2, 0.25) is 5.41 Å². The second-order valence-electron chi connectivity index (χ2n) is 10.5. The topological polar surface area (TPSA) is 76.7 Å². The van der Waals surface area contributed by atoms with Crippen molar-refractivity contribution in [3.05, 3.63) is 59.7 Å². The molecule has 2 aromatic carbocycles. The second kappa shape index (κ2) is 12.6. The highest BCUT2D eigenvalue weighted by Gasteiger charge is 2.72. The number of amides is 2. The fourth-order valence-electron chi connectivity index (χ4n) is 5.63. The largest absolute Gasteiger partial charge is 0.412 e. The SMILES string of the molecule is O=C(NC1CCCCC1)Oc1ccc(C(c2ccc(OC(=O)NC3CCCCC3)cc2)(C(F)(F)F)C(F)(F)F)cc1. The molecule has 0 unspecified atom stereocenters. The standard InChI is InChI=1S/C29H32F6N2O4/c30-28(31,32)27(29(33,34)35,19-11-15-23(16-12-19)40-25(38)36-21-7-3-1-4-8-21)20-13-17-24(18-14-20)41-26(39)37-22-9-5-2-6-10-22/h11-18,21-22H,1-10H2,(H,36,38)(H,37,39). The summed E-state index contributed by atoms with van der Waals surface area (Å²) in [4.78, 5) is 24.4. The van der Waals surface area contributed by atoms with Crippen LogP contribution in [-0.4, -0.2) is 36.6 Å². The Morgan fingerprint density at radius 1 is 0.561 bits per heavy atom. The van der Waals surface area contributed by atoms with Gasteiger partial charge in [-0.1, -0.05) is 62.8 Å². The molecule has 6 nitrogen and oxygen atoms in total. The van der Waals surface area contributed by atoms with Crippen molar-refractivity contribution in [2.75, 3.05) is 0 Å². The number of benzene rings is 2. The van der Waals surface area contributed by atoms with E-state index in [2.05, 4.69) is 10.6 Å². The minimum atomic E-state index is -5.80. The number of alkyl halides is 6. The van der Waals surface area contributed by atoms with Crippen molar-refractivity contribution in [2.24, 2.45) is 0 Å². The first-order chi connectivity index (χ1) is 19.4. The highest BCUT2D eigenvalue weighted by atomic mass is 19.4. The van der Waals surface area contributed by atoms with E-state index in [0.717, 1.165) is 88.5 Å². The number of carbonyl (C=O) groups is 2.